The summed E-state index contributed by atoms with van der Waals surface area (Å²) in [6.07, 6.45) is -5.37. The first-order valence-corrected chi connectivity index (χ1v) is 8.96. The van der Waals surface area contributed by atoms with Crippen LogP contribution in [0.15, 0.2) is 29.3 Å². The van der Waals surface area contributed by atoms with Gasteiger partial charge in [0.1, 0.15) is 40.9 Å². The van der Waals surface area contributed by atoms with Crippen LogP contribution in [0.1, 0.15) is 17.5 Å². The van der Waals surface area contributed by atoms with Crippen LogP contribution >= 0.6 is 11.8 Å². The summed E-state index contributed by atoms with van der Waals surface area (Å²) in [7, 11) is 0. The fraction of sp³-hybridized carbons (Fsp3) is 0.278. The van der Waals surface area contributed by atoms with Gasteiger partial charge in [0.25, 0.3) is 0 Å². The summed E-state index contributed by atoms with van der Waals surface area (Å²) in [6, 6.07) is 10.2. The van der Waals surface area contributed by atoms with Crippen molar-refractivity contribution in [2.75, 3.05) is 24.7 Å². The highest BCUT2D eigenvalue weighted by Crippen LogP contribution is 2.37. The number of hydrogen-bond donors (Lipinski definition) is 2. The van der Waals surface area contributed by atoms with Gasteiger partial charge >= 0.3 is 6.18 Å². The number of aliphatic hydroxyl groups is 1. The molecule has 0 aliphatic rings. The van der Waals surface area contributed by atoms with Gasteiger partial charge in [-0.25, -0.2) is 4.98 Å². The van der Waals surface area contributed by atoms with E-state index in [0.29, 0.717) is 11.3 Å². The third kappa shape index (κ3) is 5.28. The third-order valence-electron chi connectivity index (χ3n) is 3.54. The molecule has 3 N–H and O–H groups in total. The predicted molar refractivity (Wildman–Crippen MR) is 97.5 cm³/mol. The number of nitriles is 2. The second-order valence-corrected chi connectivity index (χ2v) is 6.54. The van der Waals surface area contributed by atoms with Crippen molar-refractivity contribution in [1.29, 1.82) is 10.5 Å². The summed E-state index contributed by atoms with van der Waals surface area (Å²) >= 11 is 0.759. The number of alkyl halides is 3. The van der Waals surface area contributed by atoms with Gasteiger partial charge in [-0.05, 0) is 17.7 Å². The van der Waals surface area contributed by atoms with Crippen LogP contribution in [-0.2, 0) is 0 Å². The molecule has 0 saturated carbocycles. The Kier molecular flexibility index (Phi) is 7.10. The Hall–Kier alpha value is -2.95. The minimum atomic E-state index is -4.33. The molecule has 0 atom stereocenters. The van der Waals surface area contributed by atoms with E-state index in [9.17, 15) is 23.7 Å². The number of halogens is 3. The number of rotatable bonds is 7. The largest absolute Gasteiger partial charge is 0.491 e. The van der Waals surface area contributed by atoms with Crippen LogP contribution in [0.3, 0.4) is 0 Å². The smallest absolute Gasteiger partial charge is 0.389 e. The summed E-state index contributed by atoms with van der Waals surface area (Å²) in [5, 5.41) is 27.8. The van der Waals surface area contributed by atoms with Crippen LogP contribution in [-0.4, -0.2) is 35.2 Å². The molecule has 0 aliphatic carbocycles. The molecule has 0 spiro atoms. The summed E-state index contributed by atoms with van der Waals surface area (Å²) in [4.78, 5) is 3.95. The monoisotopic (exact) mass is 408 g/mol. The standard InChI is InChI=1S/C18H15F3N4O2S/c19-18(20,21)5-8-28-17-14(10-23)15(13(9-22)16(24)25-17)11-1-3-12(4-2-11)27-7-6-26/h1-4,26H,5-8H2,(H2,24,25). The Morgan fingerprint density at radius 3 is 2.32 bits per heavy atom. The Labute approximate surface area is 163 Å². The summed E-state index contributed by atoms with van der Waals surface area (Å²) < 4.78 is 42.5. The van der Waals surface area contributed by atoms with Crippen molar-refractivity contribution >= 4 is 17.6 Å². The zero-order chi connectivity index (χ0) is 20.7. The lowest BCUT2D eigenvalue weighted by Gasteiger charge is -2.14. The maximum atomic E-state index is 12.4. The molecule has 0 saturated heterocycles. The molecule has 2 aromatic rings. The molecule has 1 aromatic heterocycles. The van der Waals surface area contributed by atoms with Crippen molar-refractivity contribution in [3.8, 4) is 29.0 Å². The van der Waals surface area contributed by atoms with Gasteiger partial charge < -0.3 is 15.6 Å². The first-order chi connectivity index (χ1) is 13.3. The van der Waals surface area contributed by atoms with Crippen molar-refractivity contribution in [2.24, 2.45) is 0 Å². The van der Waals surface area contributed by atoms with E-state index < -0.39 is 12.6 Å². The molecule has 1 aromatic carbocycles. The maximum Gasteiger partial charge on any atom is 0.389 e. The van der Waals surface area contributed by atoms with Crippen molar-refractivity contribution in [3.63, 3.8) is 0 Å². The number of hydrogen-bond acceptors (Lipinski definition) is 7. The number of anilines is 1. The number of nitrogens with zero attached hydrogens (tertiary/aromatic N) is 3. The molecule has 146 valence electrons. The third-order valence-corrected chi connectivity index (χ3v) is 4.52. The van der Waals surface area contributed by atoms with Gasteiger partial charge in [-0.3, -0.25) is 0 Å². The average molecular weight is 408 g/mol. The number of nitrogens with two attached hydrogens (primary N) is 1. The molecule has 1 heterocycles. The molecule has 6 nitrogen and oxygen atoms in total. The molecule has 0 fully saturated rings. The Morgan fingerprint density at radius 1 is 1.14 bits per heavy atom. The van der Waals surface area contributed by atoms with Crippen molar-refractivity contribution < 1.29 is 23.0 Å². The molecule has 0 bridgehead atoms. The van der Waals surface area contributed by atoms with E-state index in [4.69, 9.17) is 15.6 Å². The van der Waals surface area contributed by atoms with E-state index in [1.807, 2.05) is 12.1 Å². The number of aromatic nitrogens is 1. The van der Waals surface area contributed by atoms with Crippen molar-refractivity contribution in [1.82, 2.24) is 4.98 Å². The number of ether oxygens (including phenoxy) is 1. The normalized spacial score (nSPS) is 10.9. The molecule has 2 rings (SSSR count). The first-order valence-electron chi connectivity index (χ1n) is 7.98. The minimum Gasteiger partial charge on any atom is -0.491 e. The number of nitrogen functional groups attached to an aromatic ring is 1. The van der Waals surface area contributed by atoms with Gasteiger partial charge in [-0.2, -0.15) is 23.7 Å². The van der Waals surface area contributed by atoms with Crippen LogP contribution < -0.4 is 10.5 Å². The molecule has 0 unspecified atom stereocenters. The highest BCUT2D eigenvalue weighted by atomic mass is 32.2. The average Bonchev–Trinajstić information content (AvgIpc) is 2.65. The van der Waals surface area contributed by atoms with Crippen molar-refractivity contribution in [3.05, 3.63) is 35.4 Å². The lowest BCUT2D eigenvalue weighted by atomic mass is 9.97. The molecule has 10 heteroatoms. The summed E-state index contributed by atoms with van der Waals surface area (Å²) in [5.41, 5.74) is 6.45. The van der Waals surface area contributed by atoms with Gasteiger partial charge in [0, 0.05) is 11.3 Å². The topological polar surface area (TPSA) is 116 Å². The van der Waals surface area contributed by atoms with Crippen LogP contribution in [0.5, 0.6) is 5.75 Å². The quantitative estimate of drug-likeness (QED) is 0.674. The number of pyridine rings is 1. The Bertz CT molecular complexity index is 919. The minimum absolute atomic E-state index is 0.0121. The fourth-order valence-electron chi connectivity index (χ4n) is 2.34. The van der Waals surface area contributed by atoms with Gasteiger partial charge in [0.15, 0.2) is 0 Å². The maximum absolute atomic E-state index is 12.4. The molecule has 28 heavy (non-hydrogen) atoms. The van der Waals surface area contributed by atoms with E-state index in [-0.39, 0.29) is 46.5 Å². The van der Waals surface area contributed by atoms with E-state index in [1.54, 1.807) is 24.3 Å². The van der Waals surface area contributed by atoms with Crippen LogP contribution in [0.4, 0.5) is 19.0 Å². The van der Waals surface area contributed by atoms with E-state index >= 15 is 0 Å². The van der Waals surface area contributed by atoms with Crippen molar-refractivity contribution in [2.45, 2.75) is 17.6 Å². The molecular formula is C18H15F3N4O2S. The number of aliphatic hydroxyl groups excluding tert-OH is 1. The first kappa shape index (κ1) is 21.4. The lowest BCUT2D eigenvalue weighted by Crippen LogP contribution is -2.09. The second kappa shape index (κ2) is 9.31. The summed E-state index contributed by atoms with van der Waals surface area (Å²) in [5.74, 6) is -0.0209. The predicted octanol–water partition coefficient (Wildman–Crippen LogP) is 3.49. The molecular weight excluding hydrogens is 393 g/mol. The van der Waals surface area contributed by atoms with Gasteiger partial charge in [0.05, 0.1) is 18.6 Å². The molecule has 0 aliphatic heterocycles. The fourth-order valence-corrected chi connectivity index (χ4v) is 3.32. The van der Waals surface area contributed by atoms with Crippen LogP contribution in [0.2, 0.25) is 0 Å². The zero-order valence-electron chi connectivity index (χ0n) is 14.5. The van der Waals surface area contributed by atoms with E-state index in [0.717, 1.165) is 11.8 Å². The van der Waals surface area contributed by atoms with Crippen LogP contribution in [0.25, 0.3) is 11.1 Å². The lowest BCUT2D eigenvalue weighted by molar-refractivity contribution is -0.129. The van der Waals surface area contributed by atoms with Gasteiger partial charge in [-0.1, -0.05) is 12.1 Å². The molecule has 0 radical (unpaired) electrons. The Balaban J connectivity index is 2.47. The highest BCUT2D eigenvalue weighted by Gasteiger charge is 2.27. The second-order valence-electron chi connectivity index (χ2n) is 5.46. The van der Waals surface area contributed by atoms with Gasteiger partial charge in [-0.15, -0.1) is 11.8 Å². The Morgan fingerprint density at radius 2 is 1.79 bits per heavy atom. The van der Waals surface area contributed by atoms with Gasteiger partial charge in [0.2, 0.25) is 0 Å². The number of thioether (sulfide) groups is 1. The zero-order valence-corrected chi connectivity index (χ0v) is 15.3. The van der Waals surface area contributed by atoms with Crippen LogP contribution in [0, 0.1) is 22.7 Å². The summed E-state index contributed by atoms with van der Waals surface area (Å²) in [6.45, 7) is -0.0489. The highest BCUT2D eigenvalue weighted by molar-refractivity contribution is 7.99. The number of benzene rings is 1. The van der Waals surface area contributed by atoms with E-state index in [1.165, 1.54) is 0 Å². The molecule has 0 amide bonds. The SMILES string of the molecule is N#Cc1c(N)nc(SCCC(F)(F)F)c(C#N)c1-c1ccc(OCCO)cc1. The van der Waals surface area contributed by atoms with E-state index in [2.05, 4.69) is 4.98 Å².